The zero-order valence-electron chi connectivity index (χ0n) is 9.60. The molecular formula is C12H24O3. The van der Waals surface area contributed by atoms with E-state index in [4.69, 9.17) is 0 Å². The van der Waals surface area contributed by atoms with Crippen LogP contribution < -0.4 is 0 Å². The minimum absolute atomic E-state index is 0.186. The van der Waals surface area contributed by atoms with E-state index in [9.17, 15) is 15.3 Å². The summed E-state index contributed by atoms with van der Waals surface area (Å²) in [5.41, 5.74) is 0. The zero-order chi connectivity index (χ0) is 11.7. The van der Waals surface area contributed by atoms with Crippen molar-refractivity contribution in [2.75, 3.05) is 0 Å². The van der Waals surface area contributed by atoms with Crippen LogP contribution in [0.25, 0.3) is 0 Å². The number of hydrogen-bond acceptors (Lipinski definition) is 3. The molecule has 0 aliphatic rings. The number of rotatable bonds is 9. The normalized spacial score (nSPS) is 17.1. The fraction of sp³-hybridized carbons (Fsp3) is 0.833. The Morgan fingerprint density at radius 3 is 2.20 bits per heavy atom. The van der Waals surface area contributed by atoms with Crippen LogP contribution >= 0.6 is 0 Å². The molecule has 90 valence electrons. The van der Waals surface area contributed by atoms with Gasteiger partial charge in [0.05, 0.1) is 18.3 Å². The first-order valence-corrected chi connectivity index (χ1v) is 5.78. The van der Waals surface area contributed by atoms with Gasteiger partial charge in [0.1, 0.15) is 0 Å². The molecule has 0 aliphatic heterocycles. The third kappa shape index (κ3) is 7.54. The van der Waals surface area contributed by atoms with Gasteiger partial charge in [-0.3, -0.25) is 0 Å². The number of unbranched alkanes of at least 4 members (excludes halogenated alkanes) is 2. The molecule has 0 aromatic heterocycles. The summed E-state index contributed by atoms with van der Waals surface area (Å²) >= 11 is 0. The minimum Gasteiger partial charge on any atom is -0.393 e. The van der Waals surface area contributed by atoms with Crippen LogP contribution in [0, 0.1) is 0 Å². The molecule has 3 heteroatoms. The Bertz CT molecular complexity index is 159. The van der Waals surface area contributed by atoms with Crippen molar-refractivity contribution in [1.29, 1.82) is 0 Å². The van der Waals surface area contributed by atoms with E-state index in [1.54, 1.807) is 0 Å². The standard InChI is InChI=1S/C12H24O3/c1-3-10(13)8-6-5-7-9-12(15)11(14)4-2/h4,10-15H,2-3,5-9H2,1H3. The molecule has 0 heterocycles. The summed E-state index contributed by atoms with van der Waals surface area (Å²) < 4.78 is 0. The van der Waals surface area contributed by atoms with Gasteiger partial charge >= 0.3 is 0 Å². The molecule has 0 bridgehead atoms. The lowest BCUT2D eigenvalue weighted by Crippen LogP contribution is -2.23. The zero-order valence-corrected chi connectivity index (χ0v) is 9.60. The summed E-state index contributed by atoms with van der Waals surface area (Å²) in [5, 5.41) is 27.9. The molecule has 0 saturated heterocycles. The van der Waals surface area contributed by atoms with Crippen molar-refractivity contribution in [1.82, 2.24) is 0 Å². The minimum atomic E-state index is -0.814. The quantitative estimate of drug-likeness (QED) is 0.405. The maximum atomic E-state index is 9.40. The largest absolute Gasteiger partial charge is 0.393 e. The summed E-state index contributed by atoms with van der Waals surface area (Å²) in [6, 6.07) is 0. The third-order valence-corrected chi connectivity index (χ3v) is 2.64. The van der Waals surface area contributed by atoms with Gasteiger partial charge in [-0.2, -0.15) is 0 Å². The van der Waals surface area contributed by atoms with E-state index in [1.807, 2.05) is 6.92 Å². The fourth-order valence-corrected chi connectivity index (χ4v) is 1.44. The van der Waals surface area contributed by atoms with Gasteiger partial charge in [0.2, 0.25) is 0 Å². The van der Waals surface area contributed by atoms with Crippen LogP contribution in [0.3, 0.4) is 0 Å². The van der Waals surface area contributed by atoms with Crippen molar-refractivity contribution in [3.8, 4) is 0 Å². The maximum Gasteiger partial charge on any atom is 0.0977 e. The summed E-state index contributed by atoms with van der Waals surface area (Å²) in [5.74, 6) is 0. The predicted octanol–water partition coefficient (Wildman–Crippen LogP) is 1.62. The SMILES string of the molecule is C=CC(O)C(O)CCCCCC(O)CC. The molecule has 3 unspecified atom stereocenters. The maximum absolute atomic E-state index is 9.40. The molecule has 15 heavy (non-hydrogen) atoms. The first kappa shape index (κ1) is 14.6. The Morgan fingerprint density at radius 1 is 1.07 bits per heavy atom. The molecular weight excluding hydrogens is 192 g/mol. The molecule has 0 spiro atoms. The molecule has 0 rings (SSSR count). The van der Waals surface area contributed by atoms with E-state index < -0.39 is 12.2 Å². The van der Waals surface area contributed by atoms with Gasteiger partial charge in [0.15, 0.2) is 0 Å². The highest BCUT2D eigenvalue weighted by molar-refractivity contribution is 4.83. The van der Waals surface area contributed by atoms with Crippen molar-refractivity contribution in [2.24, 2.45) is 0 Å². The lowest BCUT2D eigenvalue weighted by atomic mass is 10.0. The van der Waals surface area contributed by atoms with Crippen LogP contribution in [-0.2, 0) is 0 Å². The summed E-state index contributed by atoms with van der Waals surface area (Å²) in [6.45, 7) is 5.38. The highest BCUT2D eigenvalue weighted by Gasteiger charge is 2.11. The molecule has 0 aliphatic carbocycles. The van der Waals surface area contributed by atoms with Gasteiger partial charge in [-0.05, 0) is 19.3 Å². The van der Waals surface area contributed by atoms with E-state index >= 15 is 0 Å². The monoisotopic (exact) mass is 216 g/mol. The van der Waals surface area contributed by atoms with Crippen molar-refractivity contribution >= 4 is 0 Å². The Balaban J connectivity index is 3.34. The van der Waals surface area contributed by atoms with E-state index in [2.05, 4.69) is 6.58 Å². The highest BCUT2D eigenvalue weighted by Crippen LogP contribution is 2.11. The summed E-state index contributed by atoms with van der Waals surface area (Å²) in [7, 11) is 0. The highest BCUT2D eigenvalue weighted by atomic mass is 16.3. The van der Waals surface area contributed by atoms with Crippen LogP contribution in [0.15, 0.2) is 12.7 Å². The lowest BCUT2D eigenvalue weighted by Gasteiger charge is -2.14. The first-order chi connectivity index (χ1) is 7.11. The van der Waals surface area contributed by atoms with Gasteiger partial charge in [0, 0.05) is 0 Å². The van der Waals surface area contributed by atoms with E-state index in [0.29, 0.717) is 6.42 Å². The Hall–Kier alpha value is -0.380. The van der Waals surface area contributed by atoms with Crippen LogP contribution in [-0.4, -0.2) is 33.6 Å². The van der Waals surface area contributed by atoms with Crippen LogP contribution in [0.5, 0.6) is 0 Å². The topological polar surface area (TPSA) is 60.7 Å². The van der Waals surface area contributed by atoms with Gasteiger partial charge in [-0.1, -0.05) is 32.3 Å². The molecule has 0 fully saturated rings. The van der Waals surface area contributed by atoms with Crippen molar-refractivity contribution < 1.29 is 15.3 Å². The van der Waals surface area contributed by atoms with Gasteiger partial charge < -0.3 is 15.3 Å². The molecule has 0 amide bonds. The van der Waals surface area contributed by atoms with Crippen LogP contribution in [0.1, 0.15) is 45.4 Å². The second-order valence-electron chi connectivity index (χ2n) is 3.99. The Labute approximate surface area is 92.4 Å². The Morgan fingerprint density at radius 2 is 1.67 bits per heavy atom. The molecule has 0 aromatic carbocycles. The van der Waals surface area contributed by atoms with Crippen molar-refractivity contribution in [3.05, 3.63) is 12.7 Å². The first-order valence-electron chi connectivity index (χ1n) is 5.78. The average molecular weight is 216 g/mol. The van der Waals surface area contributed by atoms with Gasteiger partial charge in [0.25, 0.3) is 0 Å². The summed E-state index contributed by atoms with van der Waals surface area (Å²) in [4.78, 5) is 0. The number of aliphatic hydroxyl groups excluding tert-OH is 3. The second-order valence-corrected chi connectivity index (χ2v) is 3.99. The van der Waals surface area contributed by atoms with Gasteiger partial charge in [-0.25, -0.2) is 0 Å². The summed E-state index contributed by atoms with van der Waals surface area (Å²) in [6.07, 6.45) is 4.72. The molecule has 0 radical (unpaired) electrons. The van der Waals surface area contributed by atoms with Crippen LogP contribution in [0.4, 0.5) is 0 Å². The predicted molar refractivity (Wildman–Crippen MR) is 61.6 cm³/mol. The fourth-order valence-electron chi connectivity index (χ4n) is 1.44. The van der Waals surface area contributed by atoms with Gasteiger partial charge in [-0.15, -0.1) is 6.58 Å². The van der Waals surface area contributed by atoms with Crippen molar-refractivity contribution in [3.63, 3.8) is 0 Å². The Kier molecular flexibility index (Phi) is 8.67. The lowest BCUT2D eigenvalue weighted by molar-refractivity contribution is 0.0414. The number of hydrogen-bond donors (Lipinski definition) is 3. The van der Waals surface area contributed by atoms with E-state index in [0.717, 1.165) is 32.1 Å². The average Bonchev–Trinajstić information content (AvgIpc) is 2.26. The molecule has 3 atom stereocenters. The van der Waals surface area contributed by atoms with Crippen LogP contribution in [0.2, 0.25) is 0 Å². The third-order valence-electron chi connectivity index (χ3n) is 2.64. The molecule has 3 N–H and O–H groups in total. The van der Waals surface area contributed by atoms with E-state index in [1.165, 1.54) is 6.08 Å². The number of aliphatic hydroxyl groups is 3. The molecule has 0 saturated carbocycles. The molecule has 0 aromatic rings. The van der Waals surface area contributed by atoms with Crippen molar-refractivity contribution in [2.45, 2.75) is 63.8 Å². The molecule has 3 nitrogen and oxygen atoms in total. The second kappa shape index (κ2) is 8.89. The smallest absolute Gasteiger partial charge is 0.0977 e. The van der Waals surface area contributed by atoms with E-state index in [-0.39, 0.29) is 6.10 Å².